The second-order valence-corrected chi connectivity index (χ2v) is 4.43. The summed E-state index contributed by atoms with van der Waals surface area (Å²) >= 11 is 0. The van der Waals surface area contributed by atoms with Gasteiger partial charge in [0.1, 0.15) is 5.82 Å². The Balaban J connectivity index is 2.06. The van der Waals surface area contributed by atoms with Crippen molar-refractivity contribution in [2.75, 3.05) is 19.6 Å². The number of pyridine rings is 1. The van der Waals surface area contributed by atoms with Crippen LogP contribution in [0.25, 0.3) is 0 Å². The topological polar surface area (TPSA) is 28.2 Å². The fraction of sp³-hybridized carbons (Fsp3) is 0.583. The van der Waals surface area contributed by atoms with Gasteiger partial charge in [-0.25, -0.2) is 4.39 Å². The van der Waals surface area contributed by atoms with Crippen LogP contribution in [-0.4, -0.2) is 35.6 Å². The number of hydrogen-bond acceptors (Lipinski definition) is 3. The Labute approximate surface area is 95.7 Å². The summed E-state index contributed by atoms with van der Waals surface area (Å²) < 4.78 is 12.8. The van der Waals surface area contributed by atoms with Gasteiger partial charge in [0, 0.05) is 31.7 Å². The highest BCUT2D eigenvalue weighted by atomic mass is 19.1. The van der Waals surface area contributed by atoms with Gasteiger partial charge >= 0.3 is 0 Å². The van der Waals surface area contributed by atoms with Gasteiger partial charge in [0.05, 0.1) is 11.9 Å². The molecule has 16 heavy (non-hydrogen) atoms. The lowest BCUT2D eigenvalue weighted by Gasteiger charge is -2.35. The van der Waals surface area contributed by atoms with Crippen molar-refractivity contribution in [3.63, 3.8) is 0 Å². The average molecular weight is 223 g/mol. The van der Waals surface area contributed by atoms with E-state index >= 15 is 0 Å². The maximum Gasteiger partial charge on any atom is 0.141 e. The molecule has 2 atom stereocenters. The minimum Gasteiger partial charge on any atom is -0.312 e. The number of nitrogens with one attached hydrogen (secondary N) is 1. The summed E-state index contributed by atoms with van der Waals surface area (Å²) in [6, 6.07) is 4.01. The molecule has 2 rings (SSSR count). The zero-order chi connectivity index (χ0) is 11.5. The lowest BCUT2D eigenvalue weighted by atomic mass is 10.1. The molecule has 0 aromatic carbocycles. The zero-order valence-corrected chi connectivity index (χ0v) is 9.78. The Morgan fingerprint density at radius 2 is 2.38 bits per heavy atom. The average Bonchev–Trinajstić information content (AvgIpc) is 2.29. The predicted molar refractivity (Wildman–Crippen MR) is 61.6 cm³/mol. The van der Waals surface area contributed by atoms with E-state index in [9.17, 15) is 4.39 Å². The van der Waals surface area contributed by atoms with Crippen molar-refractivity contribution in [2.24, 2.45) is 0 Å². The molecule has 3 nitrogen and oxygen atoms in total. The van der Waals surface area contributed by atoms with E-state index in [0.29, 0.717) is 6.04 Å². The number of piperazine rings is 1. The first-order chi connectivity index (χ1) is 7.66. The molecule has 1 aliphatic heterocycles. The van der Waals surface area contributed by atoms with E-state index in [2.05, 4.69) is 29.0 Å². The van der Waals surface area contributed by atoms with Gasteiger partial charge in [0.25, 0.3) is 0 Å². The number of nitrogens with zero attached hydrogens (tertiary/aromatic N) is 2. The molecule has 2 unspecified atom stereocenters. The van der Waals surface area contributed by atoms with Crippen LogP contribution >= 0.6 is 0 Å². The minimum atomic E-state index is -0.273. The lowest BCUT2D eigenvalue weighted by molar-refractivity contribution is 0.156. The molecule has 0 radical (unpaired) electrons. The van der Waals surface area contributed by atoms with Gasteiger partial charge in [-0.05, 0) is 26.0 Å². The first-order valence-electron chi connectivity index (χ1n) is 5.75. The standard InChI is InChI=1S/C12H18FN3/c1-9-8-16(6-5-14-9)10(2)12-4-3-11(13)7-15-12/h3-4,7,9-10,14H,5-6,8H2,1-2H3. The summed E-state index contributed by atoms with van der Waals surface area (Å²) in [6.07, 6.45) is 1.29. The third-order valence-electron chi connectivity index (χ3n) is 3.13. The molecular weight excluding hydrogens is 205 g/mol. The van der Waals surface area contributed by atoms with Gasteiger partial charge in [-0.1, -0.05) is 0 Å². The van der Waals surface area contributed by atoms with Crippen molar-refractivity contribution >= 4 is 0 Å². The number of hydrogen-bond donors (Lipinski definition) is 1. The van der Waals surface area contributed by atoms with E-state index in [-0.39, 0.29) is 11.9 Å². The fourth-order valence-corrected chi connectivity index (χ4v) is 2.14. The normalized spacial score (nSPS) is 24.3. The van der Waals surface area contributed by atoms with Gasteiger partial charge in [-0.2, -0.15) is 0 Å². The van der Waals surface area contributed by atoms with Gasteiger partial charge in [0.15, 0.2) is 0 Å². The van der Waals surface area contributed by atoms with Crippen LogP contribution in [0.3, 0.4) is 0 Å². The first kappa shape index (κ1) is 11.5. The van der Waals surface area contributed by atoms with Gasteiger partial charge < -0.3 is 5.32 Å². The Morgan fingerprint density at radius 1 is 1.56 bits per heavy atom. The van der Waals surface area contributed by atoms with Crippen molar-refractivity contribution < 1.29 is 4.39 Å². The van der Waals surface area contributed by atoms with E-state index in [1.807, 2.05) is 0 Å². The van der Waals surface area contributed by atoms with Gasteiger partial charge in [-0.15, -0.1) is 0 Å². The van der Waals surface area contributed by atoms with Crippen LogP contribution in [0.4, 0.5) is 4.39 Å². The molecule has 0 aliphatic carbocycles. The third kappa shape index (κ3) is 2.57. The molecule has 1 aromatic heterocycles. The van der Waals surface area contributed by atoms with Crippen LogP contribution in [0.5, 0.6) is 0 Å². The van der Waals surface area contributed by atoms with Crippen molar-refractivity contribution in [3.8, 4) is 0 Å². The quantitative estimate of drug-likeness (QED) is 0.825. The van der Waals surface area contributed by atoms with Gasteiger partial charge in [-0.3, -0.25) is 9.88 Å². The first-order valence-corrected chi connectivity index (χ1v) is 5.75. The molecule has 2 heterocycles. The van der Waals surface area contributed by atoms with Crippen molar-refractivity contribution in [2.45, 2.75) is 25.9 Å². The predicted octanol–water partition coefficient (Wildman–Crippen LogP) is 1.58. The monoisotopic (exact) mass is 223 g/mol. The Morgan fingerprint density at radius 3 is 3.00 bits per heavy atom. The molecule has 0 saturated carbocycles. The van der Waals surface area contributed by atoms with Crippen molar-refractivity contribution in [3.05, 3.63) is 29.8 Å². The Hall–Kier alpha value is -1.00. The summed E-state index contributed by atoms with van der Waals surface area (Å²) in [7, 11) is 0. The zero-order valence-electron chi connectivity index (χ0n) is 9.78. The SMILES string of the molecule is CC1CN(C(C)c2ccc(F)cn2)CCN1. The van der Waals surface area contributed by atoms with Crippen LogP contribution in [0.2, 0.25) is 0 Å². The van der Waals surface area contributed by atoms with E-state index in [0.717, 1.165) is 25.3 Å². The molecule has 0 amide bonds. The highest BCUT2D eigenvalue weighted by Crippen LogP contribution is 2.19. The second-order valence-electron chi connectivity index (χ2n) is 4.43. The Kier molecular flexibility index (Phi) is 3.51. The molecule has 4 heteroatoms. The molecule has 0 spiro atoms. The lowest BCUT2D eigenvalue weighted by Crippen LogP contribution is -2.49. The third-order valence-corrected chi connectivity index (χ3v) is 3.13. The molecule has 88 valence electrons. The largest absolute Gasteiger partial charge is 0.312 e. The molecular formula is C12H18FN3. The second kappa shape index (κ2) is 4.89. The maximum atomic E-state index is 12.8. The summed E-state index contributed by atoms with van der Waals surface area (Å²) in [5, 5.41) is 3.41. The fourth-order valence-electron chi connectivity index (χ4n) is 2.14. The molecule has 1 aliphatic rings. The van der Waals surface area contributed by atoms with Crippen LogP contribution in [-0.2, 0) is 0 Å². The minimum absolute atomic E-state index is 0.255. The van der Waals surface area contributed by atoms with Crippen molar-refractivity contribution in [1.29, 1.82) is 0 Å². The van der Waals surface area contributed by atoms with Gasteiger partial charge in [0.2, 0.25) is 0 Å². The summed E-state index contributed by atoms with van der Waals surface area (Å²) in [6.45, 7) is 7.34. The molecule has 1 fully saturated rings. The summed E-state index contributed by atoms with van der Waals surface area (Å²) in [5.74, 6) is -0.273. The molecule has 1 N–H and O–H groups in total. The number of aromatic nitrogens is 1. The number of rotatable bonds is 2. The van der Waals surface area contributed by atoms with E-state index in [1.54, 1.807) is 6.07 Å². The van der Waals surface area contributed by atoms with E-state index < -0.39 is 0 Å². The van der Waals surface area contributed by atoms with Crippen LogP contribution < -0.4 is 5.32 Å². The molecule has 1 aromatic rings. The van der Waals surface area contributed by atoms with Crippen LogP contribution in [0.15, 0.2) is 18.3 Å². The van der Waals surface area contributed by atoms with E-state index in [4.69, 9.17) is 0 Å². The van der Waals surface area contributed by atoms with Crippen molar-refractivity contribution in [1.82, 2.24) is 15.2 Å². The molecule has 0 bridgehead atoms. The summed E-state index contributed by atoms with van der Waals surface area (Å²) in [4.78, 5) is 6.52. The van der Waals surface area contributed by atoms with E-state index in [1.165, 1.54) is 12.3 Å². The highest BCUT2D eigenvalue weighted by molar-refractivity contribution is 5.09. The number of halogens is 1. The molecule has 1 saturated heterocycles. The maximum absolute atomic E-state index is 12.8. The highest BCUT2D eigenvalue weighted by Gasteiger charge is 2.22. The summed E-state index contributed by atoms with van der Waals surface area (Å²) in [5.41, 5.74) is 0.940. The van der Waals surface area contributed by atoms with Crippen LogP contribution in [0, 0.1) is 5.82 Å². The Bertz CT molecular complexity index is 339. The van der Waals surface area contributed by atoms with Crippen LogP contribution in [0.1, 0.15) is 25.6 Å². The smallest absolute Gasteiger partial charge is 0.141 e.